The molecule has 2 aromatic carbocycles. The molecule has 0 radical (unpaired) electrons. The van der Waals surface area contributed by atoms with Crippen LogP contribution in [0.25, 0.3) is 0 Å². The summed E-state index contributed by atoms with van der Waals surface area (Å²) in [6, 6.07) is 9.42. The normalized spacial score (nSPS) is 15.5. The Balaban J connectivity index is 1.83. The highest BCUT2D eigenvalue weighted by Gasteiger charge is 2.34. The van der Waals surface area contributed by atoms with Gasteiger partial charge in [-0.25, -0.2) is 8.42 Å². The summed E-state index contributed by atoms with van der Waals surface area (Å²) in [4.78, 5) is 0.244. The quantitative estimate of drug-likeness (QED) is 0.908. The Morgan fingerprint density at radius 2 is 1.84 bits per heavy atom. The van der Waals surface area contributed by atoms with Crippen molar-refractivity contribution in [3.8, 4) is 11.5 Å². The van der Waals surface area contributed by atoms with Crippen molar-refractivity contribution in [2.24, 2.45) is 0 Å². The van der Waals surface area contributed by atoms with Crippen molar-refractivity contribution in [2.45, 2.75) is 37.5 Å². The van der Waals surface area contributed by atoms with Crippen LogP contribution in [0.5, 0.6) is 11.5 Å². The average Bonchev–Trinajstić information content (AvgIpc) is 3.20. The van der Waals surface area contributed by atoms with Crippen LogP contribution in [-0.4, -0.2) is 21.6 Å². The molecule has 0 saturated carbocycles. The first-order chi connectivity index (χ1) is 12.0. The number of rotatable bonds is 4. The van der Waals surface area contributed by atoms with E-state index in [4.69, 9.17) is 9.47 Å². The third-order valence-corrected chi connectivity index (χ3v) is 6.16. The van der Waals surface area contributed by atoms with E-state index < -0.39 is 10.0 Å². The van der Waals surface area contributed by atoms with Crippen LogP contribution in [0, 0.1) is 0 Å². The van der Waals surface area contributed by atoms with Crippen molar-refractivity contribution >= 4 is 15.7 Å². The summed E-state index contributed by atoms with van der Waals surface area (Å²) in [6.45, 7) is 5.09. The van der Waals surface area contributed by atoms with Crippen molar-refractivity contribution < 1.29 is 17.9 Å². The summed E-state index contributed by atoms with van der Waals surface area (Å²) in [5, 5.41) is 0. The molecule has 2 heterocycles. The SMILES string of the molecule is CC(C)c1ccccc1NS(=O)(=O)c1c2c(cc3c1OCC3)OCC2. The molecule has 0 atom stereocenters. The second-order valence-corrected chi connectivity index (χ2v) is 8.33. The number of ether oxygens (including phenoxy) is 2. The average molecular weight is 359 g/mol. The lowest BCUT2D eigenvalue weighted by Gasteiger charge is -2.17. The molecule has 2 aromatic rings. The Morgan fingerprint density at radius 3 is 2.64 bits per heavy atom. The van der Waals surface area contributed by atoms with E-state index in [9.17, 15) is 8.42 Å². The molecule has 2 aliphatic rings. The van der Waals surface area contributed by atoms with Gasteiger partial charge in [0.2, 0.25) is 0 Å². The van der Waals surface area contributed by atoms with Gasteiger partial charge in [0.25, 0.3) is 10.0 Å². The van der Waals surface area contributed by atoms with E-state index in [0.29, 0.717) is 43.2 Å². The van der Waals surface area contributed by atoms with Crippen molar-refractivity contribution in [3.63, 3.8) is 0 Å². The fourth-order valence-electron chi connectivity index (χ4n) is 3.51. The van der Waals surface area contributed by atoms with Crippen LogP contribution in [0.15, 0.2) is 35.2 Å². The van der Waals surface area contributed by atoms with Gasteiger partial charge in [0.15, 0.2) is 0 Å². The number of benzene rings is 2. The number of nitrogens with one attached hydrogen (secondary N) is 1. The van der Waals surface area contributed by atoms with Gasteiger partial charge in [0.05, 0.1) is 18.9 Å². The van der Waals surface area contributed by atoms with Gasteiger partial charge in [-0.05, 0) is 23.6 Å². The first kappa shape index (κ1) is 16.3. The van der Waals surface area contributed by atoms with Crippen molar-refractivity contribution in [2.75, 3.05) is 17.9 Å². The maximum Gasteiger partial charge on any atom is 0.266 e. The van der Waals surface area contributed by atoms with Crippen LogP contribution in [0.3, 0.4) is 0 Å². The number of hydrogen-bond acceptors (Lipinski definition) is 4. The van der Waals surface area contributed by atoms with Gasteiger partial charge in [0, 0.05) is 24.0 Å². The molecule has 0 saturated heterocycles. The zero-order valence-electron chi connectivity index (χ0n) is 14.3. The molecular formula is C19H21NO4S. The van der Waals surface area contributed by atoms with Gasteiger partial charge < -0.3 is 9.47 Å². The van der Waals surface area contributed by atoms with Crippen molar-refractivity contribution in [3.05, 3.63) is 47.0 Å². The van der Waals surface area contributed by atoms with Gasteiger partial charge in [-0.15, -0.1) is 0 Å². The van der Waals surface area contributed by atoms with E-state index in [0.717, 1.165) is 16.7 Å². The van der Waals surface area contributed by atoms with Crippen molar-refractivity contribution in [1.29, 1.82) is 0 Å². The Kier molecular flexibility index (Phi) is 3.87. The first-order valence-corrected chi connectivity index (χ1v) is 10.0. The van der Waals surface area contributed by atoms with Crippen LogP contribution < -0.4 is 14.2 Å². The molecule has 0 amide bonds. The van der Waals surface area contributed by atoms with E-state index in [1.54, 1.807) is 6.07 Å². The molecule has 5 nitrogen and oxygen atoms in total. The first-order valence-electron chi connectivity index (χ1n) is 8.53. The Bertz CT molecular complexity index is 902. The van der Waals surface area contributed by atoms with E-state index >= 15 is 0 Å². The van der Waals surface area contributed by atoms with Gasteiger partial charge in [-0.1, -0.05) is 32.0 Å². The number of para-hydroxylation sites is 1. The van der Waals surface area contributed by atoms with Gasteiger partial charge in [-0.2, -0.15) is 0 Å². The molecule has 0 fully saturated rings. The number of hydrogen-bond donors (Lipinski definition) is 1. The van der Waals surface area contributed by atoms with Gasteiger partial charge in [0.1, 0.15) is 16.4 Å². The smallest absolute Gasteiger partial charge is 0.266 e. The number of anilines is 1. The van der Waals surface area contributed by atoms with Crippen LogP contribution in [0.1, 0.15) is 36.5 Å². The Morgan fingerprint density at radius 1 is 1.08 bits per heavy atom. The highest BCUT2D eigenvalue weighted by atomic mass is 32.2. The fourth-order valence-corrected chi connectivity index (χ4v) is 5.05. The summed E-state index contributed by atoms with van der Waals surface area (Å²) in [5.41, 5.74) is 3.20. The number of sulfonamides is 1. The van der Waals surface area contributed by atoms with Gasteiger partial charge in [-0.3, -0.25) is 4.72 Å². The van der Waals surface area contributed by atoms with Crippen LogP contribution in [0.4, 0.5) is 5.69 Å². The zero-order valence-corrected chi connectivity index (χ0v) is 15.2. The number of fused-ring (bicyclic) bond motifs is 2. The lowest BCUT2D eigenvalue weighted by Crippen LogP contribution is -2.17. The van der Waals surface area contributed by atoms with E-state index in [-0.39, 0.29) is 10.8 Å². The van der Waals surface area contributed by atoms with E-state index in [2.05, 4.69) is 4.72 Å². The summed E-state index contributed by atoms with van der Waals surface area (Å²) in [5.74, 6) is 1.37. The highest BCUT2D eigenvalue weighted by molar-refractivity contribution is 7.92. The zero-order chi connectivity index (χ0) is 17.6. The standard InChI is InChI=1S/C19H21NO4S/c1-12(2)14-5-3-4-6-16(14)20-25(21,22)19-15-8-10-23-17(15)11-13-7-9-24-18(13)19/h3-6,11-12,20H,7-10H2,1-2H3. The third kappa shape index (κ3) is 2.74. The molecule has 132 valence electrons. The lowest BCUT2D eigenvalue weighted by molar-refractivity contribution is 0.348. The molecule has 0 aromatic heterocycles. The topological polar surface area (TPSA) is 64.6 Å². The van der Waals surface area contributed by atoms with Crippen LogP contribution in [0.2, 0.25) is 0 Å². The summed E-state index contributed by atoms with van der Waals surface area (Å²) >= 11 is 0. The fraction of sp³-hybridized carbons (Fsp3) is 0.368. The maximum atomic E-state index is 13.2. The van der Waals surface area contributed by atoms with E-state index in [1.807, 2.05) is 38.1 Å². The van der Waals surface area contributed by atoms with Crippen molar-refractivity contribution in [1.82, 2.24) is 0 Å². The van der Waals surface area contributed by atoms with E-state index in [1.165, 1.54) is 0 Å². The Labute approximate surface area is 148 Å². The second-order valence-electron chi connectivity index (χ2n) is 6.72. The Hall–Kier alpha value is -2.21. The minimum absolute atomic E-state index is 0.214. The molecule has 0 spiro atoms. The molecule has 1 N–H and O–H groups in total. The molecule has 0 unspecified atom stereocenters. The molecule has 2 aliphatic heterocycles. The minimum Gasteiger partial charge on any atom is -0.493 e. The van der Waals surface area contributed by atoms with Crippen LogP contribution in [-0.2, 0) is 22.9 Å². The largest absolute Gasteiger partial charge is 0.493 e. The van der Waals surface area contributed by atoms with Crippen LogP contribution >= 0.6 is 0 Å². The maximum absolute atomic E-state index is 13.2. The summed E-state index contributed by atoms with van der Waals surface area (Å²) in [7, 11) is -3.77. The molecule has 0 aliphatic carbocycles. The summed E-state index contributed by atoms with van der Waals surface area (Å²) in [6.07, 6.45) is 1.28. The summed E-state index contributed by atoms with van der Waals surface area (Å²) < 4.78 is 40.6. The molecule has 4 rings (SSSR count). The lowest BCUT2D eigenvalue weighted by atomic mass is 10.0. The predicted octanol–water partition coefficient (Wildman–Crippen LogP) is 3.48. The molecule has 25 heavy (non-hydrogen) atoms. The second kappa shape index (κ2) is 5.95. The van der Waals surface area contributed by atoms with Gasteiger partial charge >= 0.3 is 0 Å². The predicted molar refractivity (Wildman–Crippen MR) is 96.2 cm³/mol. The highest BCUT2D eigenvalue weighted by Crippen LogP contribution is 2.43. The molecular weight excluding hydrogens is 338 g/mol. The molecule has 6 heteroatoms. The molecule has 0 bridgehead atoms. The monoisotopic (exact) mass is 359 g/mol. The minimum atomic E-state index is -3.77. The third-order valence-electron chi connectivity index (χ3n) is 4.70.